The molecule has 30 heavy (non-hydrogen) atoms. The zero-order valence-corrected chi connectivity index (χ0v) is 17.6. The summed E-state index contributed by atoms with van der Waals surface area (Å²) in [5.74, 6) is 1.90. The van der Waals surface area contributed by atoms with E-state index in [1.165, 1.54) is 14.2 Å². The fraction of sp³-hybridized carbons (Fsp3) is 0.455. The number of benzene rings is 2. The first-order valence-electron chi connectivity index (χ1n) is 9.70. The van der Waals surface area contributed by atoms with Gasteiger partial charge in [-0.25, -0.2) is 0 Å². The van der Waals surface area contributed by atoms with Gasteiger partial charge in [-0.05, 0) is 35.2 Å². The Kier molecular flexibility index (Phi) is 5.29. The van der Waals surface area contributed by atoms with Gasteiger partial charge in [0.2, 0.25) is 18.3 Å². The maximum Gasteiger partial charge on any atom is 0.231 e. The van der Waals surface area contributed by atoms with E-state index in [0.717, 1.165) is 5.56 Å². The van der Waals surface area contributed by atoms with E-state index >= 15 is 0 Å². The van der Waals surface area contributed by atoms with Crippen LogP contribution in [0.15, 0.2) is 18.2 Å². The average Bonchev–Trinajstić information content (AvgIpc) is 3.32. The summed E-state index contributed by atoms with van der Waals surface area (Å²) in [4.78, 5) is 0. The molecule has 0 bridgehead atoms. The van der Waals surface area contributed by atoms with Crippen molar-refractivity contribution < 1.29 is 38.6 Å². The van der Waals surface area contributed by atoms with Crippen molar-refractivity contribution in [1.82, 2.24) is 0 Å². The summed E-state index contributed by atoms with van der Waals surface area (Å²) in [6.45, 7) is 4.06. The van der Waals surface area contributed by atoms with Crippen molar-refractivity contribution in [3.63, 3.8) is 0 Å². The number of phenolic OH excluding ortho intramolecular Hbond substituents is 1. The molecule has 8 heteroatoms. The highest BCUT2D eigenvalue weighted by Gasteiger charge is 2.42. The van der Waals surface area contributed by atoms with Crippen LogP contribution >= 0.6 is 0 Å². The molecule has 0 aromatic heterocycles. The van der Waals surface area contributed by atoms with Gasteiger partial charge in [-0.2, -0.15) is 0 Å². The van der Waals surface area contributed by atoms with Crippen LogP contribution in [0.2, 0.25) is 0 Å². The normalized spacial score (nSPS) is 24.7. The molecule has 1 fully saturated rings. The monoisotopic (exact) mass is 418 g/mol. The van der Waals surface area contributed by atoms with Gasteiger partial charge in [0.25, 0.3) is 0 Å². The highest BCUT2D eigenvalue weighted by atomic mass is 16.7. The Morgan fingerprint density at radius 2 is 1.60 bits per heavy atom. The average molecular weight is 418 g/mol. The van der Waals surface area contributed by atoms with Crippen LogP contribution in [-0.4, -0.2) is 44.6 Å². The first kappa shape index (κ1) is 20.4. The van der Waals surface area contributed by atoms with Gasteiger partial charge < -0.3 is 38.6 Å². The number of methoxy groups -OCH3 is 3. The van der Waals surface area contributed by atoms with Crippen molar-refractivity contribution in [2.75, 3.05) is 28.1 Å². The third-order valence-corrected chi connectivity index (χ3v) is 5.97. The van der Waals surface area contributed by atoms with E-state index in [1.807, 2.05) is 19.9 Å². The lowest BCUT2D eigenvalue weighted by Crippen LogP contribution is -2.14. The molecular formula is C22H26O8. The van der Waals surface area contributed by atoms with Gasteiger partial charge in [0, 0.05) is 11.5 Å². The molecular weight excluding hydrogens is 392 g/mol. The Labute approximate surface area is 174 Å². The van der Waals surface area contributed by atoms with Gasteiger partial charge in [-0.3, -0.25) is 0 Å². The van der Waals surface area contributed by atoms with Crippen LogP contribution in [0.4, 0.5) is 0 Å². The highest BCUT2D eigenvalue weighted by molar-refractivity contribution is 5.83. The van der Waals surface area contributed by atoms with Crippen LogP contribution in [0.1, 0.15) is 25.5 Å². The van der Waals surface area contributed by atoms with Crippen LogP contribution in [0.25, 0.3) is 11.1 Å². The number of aliphatic hydroxyl groups is 1. The first-order chi connectivity index (χ1) is 14.4. The molecule has 2 aliphatic heterocycles. The lowest BCUT2D eigenvalue weighted by Gasteiger charge is -2.23. The molecule has 0 radical (unpaired) electrons. The molecule has 4 atom stereocenters. The number of hydrogen-bond donors (Lipinski definition) is 2. The van der Waals surface area contributed by atoms with E-state index in [9.17, 15) is 10.2 Å². The fourth-order valence-electron chi connectivity index (χ4n) is 4.08. The van der Waals surface area contributed by atoms with Crippen LogP contribution < -0.4 is 23.7 Å². The minimum Gasteiger partial charge on any atom is -0.502 e. The second-order valence-electron chi connectivity index (χ2n) is 7.50. The quantitative estimate of drug-likeness (QED) is 0.762. The fourth-order valence-corrected chi connectivity index (χ4v) is 4.08. The number of aliphatic hydroxyl groups excluding tert-OH is 1. The second kappa shape index (κ2) is 7.77. The summed E-state index contributed by atoms with van der Waals surface area (Å²) in [5.41, 5.74) is 2.15. The number of ether oxygens (including phenoxy) is 6. The molecule has 2 aromatic rings. The lowest BCUT2D eigenvalue weighted by atomic mass is 9.85. The molecule has 2 N–H and O–H groups in total. The minimum atomic E-state index is -0.877. The van der Waals surface area contributed by atoms with E-state index in [-0.39, 0.29) is 35.9 Å². The van der Waals surface area contributed by atoms with Crippen LogP contribution in [0.5, 0.6) is 34.5 Å². The largest absolute Gasteiger partial charge is 0.502 e. The van der Waals surface area contributed by atoms with Crippen molar-refractivity contribution in [2.24, 2.45) is 11.8 Å². The van der Waals surface area contributed by atoms with Crippen molar-refractivity contribution >= 4 is 0 Å². The summed E-state index contributed by atoms with van der Waals surface area (Å²) in [6.07, 6.45) is -1.28. The lowest BCUT2D eigenvalue weighted by molar-refractivity contribution is -0.107. The smallest absolute Gasteiger partial charge is 0.231 e. The Balaban J connectivity index is 1.99. The first-order valence-corrected chi connectivity index (χ1v) is 9.70. The highest BCUT2D eigenvalue weighted by Crippen LogP contribution is 2.55. The molecule has 0 saturated carbocycles. The molecule has 4 unspecified atom stereocenters. The van der Waals surface area contributed by atoms with Crippen LogP contribution in [0.3, 0.4) is 0 Å². The Bertz CT molecular complexity index is 932. The number of fused-ring (bicyclic) bond motifs is 1. The topological polar surface area (TPSA) is 95.8 Å². The summed E-state index contributed by atoms with van der Waals surface area (Å²) in [5, 5.41) is 20.6. The predicted octanol–water partition coefficient (Wildman–Crippen LogP) is 3.48. The minimum absolute atomic E-state index is 0.0322. The molecule has 1 saturated heterocycles. The van der Waals surface area contributed by atoms with Gasteiger partial charge in [0.1, 0.15) is 0 Å². The molecule has 8 nitrogen and oxygen atoms in total. The number of aromatic hydroxyl groups is 1. The Morgan fingerprint density at radius 1 is 0.933 bits per heavy atom. The summed E-state index contributed by atoms with van der Waals surface area (Å²) >= 11 is 0. The van der Waals surface area contributed by atoms with Crippen molar-refractivity contribution in [2.45, 2.75) is 26.2 Å². The van der Waals surface area contributed by atoms with Crippen molar-refractivity contribution in [3.8, 4) is 45.6 Å². The van der Waals surface area contributed by atoms with Crippen molar-refractivity contribution in [3.05, 3.63) is 23.8 Å². The molecule has 2 heterocycles. The molecule has 162 valence electrons. The summed E-state index contributed by atoms with van der Waals surface area (Å²) in [7, 11) is 4.49. The molecule has 0 amide bonds. The van der Waals surface area contributed by atoms with Gasteiger partial charge >= 0.3 is 0 Å². The molecule has 0 aliphatic carbocycles. The predicted molar refractivity (Wildman–Crippen MR) is 107 cm³/mol. The van der Waals surface area contributed by atoms with Crippen LogP contribution in [0, 0.1) is 11.8 Å². The maximum absolute atomic E-state index is 10.4. The van der Waals surface area contributed by atoms with E-state index in [2.05, 4.69) is 0 Å². The van der Waals surface area contributed by atoms with E-state index in [0.29, 0.717) is 28.4 Å². The van der Waals surface area contributed by atoms with Gasteiger partial charge in [-0.15, -0.1) is 0 Å². The molecule has 0 spiro atoms. The maximum atomic E-state index is 10.4. The molecule has 2 aromatic carbocycles. The number of hydrogen-bond acceptors (Lipinski definition) is 8. The zero-order valence-electron chi connectivity index (χ0n) is 17.6. The number of phenols is 1. The van der Waals surface area contributed by atoms with Gasteiger partial charge in [-0.1, -0.05) is 13.8 Å². The third kappa shape index (κ3) is 3.07. The van der Waals surface area contributed by atoms with Gasteiger partial charge in [0.15, 0.2) is 29.3 Å². The van der Waals surface area contributed by atoms with Gasteiger partial charge in [0.05, 0.1) is 27.4 Å². The zero-order chi connectivity index (χ0) is 21.6. The molecule has 2 aliphatic rings. The standard InChI is InChI=1S/C22H26O8/c1-10-11(2)22(24)30-19(10)13-8-16-20(29-9-28-16)21(27-5)17(13)12-6-14(25-3)18(23)15(7-12)26-4/h6-8,10-11,19,22-24H,9H2,1-5H3. The SMILES string of the molecule is COc1cc(-c2c(C3OC(O)C(C)C3C)cc3c(c2OC)OCO3)cc(OC)c1O. The summed E-state index contributed by atoms with van der Waals surface area (Å²) in [6, 6.07) is 5.25. The summed E-state index contributed by atoms with van der Waals surface area (Å²) < 4.78 is 33.6. The molecule has 4 rings (SSSR count). The van der Waals surface area contributed by atoms with E-state index < -0.39 is 12.4 Å². The van der Waals surface area contributed by atoms with Crippen molar-refractivity contribution in [1.29, 1.82) is 0 Å². The number of rotatable bonds is 5. The Morgan fingerprint density at radius 3 is 2.13 bits per heavy atom. The van der Waals surface area contributed by atoms with E-state index in [1.54, 1.807) is 19.2 Å². The van der Waals surface area contributed by atoms with E-state index in [4.69, 9.17) is 28.4 Å². The third-order valence-electron chi connectivity index (χ3n) is 5.97. The van der Waals surface area contributed by atoms with Crippen LogP contribution in [-0.2, 0) is 4.74 Å². The second-order valence-corrected chi connectivity index (χ2v) is 7.50. The Hall–Kier alpha value is -2.84.